The van der Waals surface area contributed by atoms with E-state index in [2.05, 4.69) is 54.6 Å². The Morgan fingerprint density at radius 1 is 0.586 bits per heavy atom. The summed E-state index contributed by atoms with van der Waals surface area (Å²) in [6.07, 6.45) is 0. The Bertz CT molecular complexity index is 1560. The topological polar surface area (TPSA) is 17.1 Å². The van der Waals surface area contributed by atoms with Crippen LogP contribution in [0.1, 0.15) is 15.9 Å². The molecule has 0 unspecified atom stereocenters. The lowest BCUT2D eigenvalue weighted by molar-refractivity contribution is 0.104. The average molecular weight is 391 g/mol. The fourth-order valence-corrected chi connectivity index (χ4v) is 4.94. The molecule has 6 rings (SSSR count). The molecule has 29 heavy (non-hydrogen) atoms. The molecule has 0 radical (unpaired) electrons. The van der Waals surface area contributed by atoms with Crippen LogP contribution in [0.3, 0.4) is 0 Å². The number of benzene rings is 6. The second-order valence-electron chi connectivity index (χ2n) is 7.42. The zero-order valence-corrected chi connectivity index (χ0v) is 16.2. The van der Waals surface area contributed by atoms with Crippen LogP contribution in [-0.4, -0.2) is 5.78 Å². The lowest BCUT2D eigenvalue weighted by Gasteiger charge is -2.18. The molecular formula is C27H15ClO. The molecule has 0 N–H and O–H groups in total. The number of hydrogen-bond donors (Lipinski definition) is 0. The van der Waals surface area contributed by atoms with E-state index in [0.717, 1.165) is 26.9 Å². The summed E-state index contributed by atoms with van der Waals surface area (Å²) in [7, 11) is 0. The smallest absolute Gasteiger partial charge is 0.195 e. The lowest BCUT2D eigenvalue weighted by Crippen LogP contribution is -2.04. The van der Waals surface area contributed by atoms with Crippen molar-refractivity contribution in [1.82, 2.24) is 0 Å². The molecule has 1 nitrogen and oxygen atoms in total. The average Bonchev–Trinajstić information content (AvgIpc) is 2.77. The molecule has 6 aromatic carbocycles. The van der Waals surface area contributed by atoms with Crippen molar-refractivity contribution >= 4 is 60.5 Å². The number of rotatable bonds is 2. The first-order valence-corrected chi connectivity index (χ1v) is 9.99. The molecule has 0 amide bonds. The molecule has 0 atom stereocenters. The maximum Gasteiger partial charge on any atom is 0.195 e. The second kappa shape index (κ2) is 6.04. The Hall–Kier alpha value is -3.42. The molecule has 0 saturated carbocycles. The van der Waals surface area contributed by atoms with Crippen molar-refractivity contribution in [3.63, 3.8) is 0 Å². The standard InChI is InChI=1S/C27H15ClO/c28-22-15-18-11-6-13-20-19-12-4-9-16-10-5-14-21(23(16)19)25(24(18)20)26(22)27(29)17-7-2-1-3-8-17/h1-15H. The normalized spacial score (nSPS) is 11.8. The van der Waals surface area contributed by atoms with Crippen molar-refractivity contribution < 1.29 is 4.79 Å². The lowest BCUT2D eigenvalue weighted by atomic mass is 9.86. The van der Waals surface area contributed by atoms with Crippen molar-refractivity contribution in [3.05, 3.63) is 107 Å². The highest BCUT2D eigenvalue weighted by atomic mass is 35.5. The second-order valence-corrected chi connectivity index (χ2v) is 7.82. The first-order valence-electron chi connectivity index (χ1n) is 9.61. The van der Waals surface area contributed by atoms with Crippen molar-refractivity contribution in [3.8, 4) is 0 Å². The van der Waals surface area contributed by atoms with Gasteiger partial charge in [0.1, 0.15) is 0 Å². The molecule has 0 aliphatic heterocycles. The van der Waals surface area contributed by atoms with Gasteiger partial charge >= 0.3 is 0 Å². The predicted molar refractivity (Wildman–Crippen MR) is 123 cm³/mol. The van der Waals surface area contributed by atoms with Crippen LogP contribution < -0.4 is 0 Å². The number of ketones is 1. The summed E-state index contributed by atoms with van der Waals surface area (Å²) in [5.41, 5.74) is 1.23. The summed E-state index contributed by atoms with van der Waals surface area (Å²) < 4.78 is 0. The van der Waals surface area contributed by atoms with E-state index < -0.39 is 0 Å². The number of hydrogen-bond acceptors (Lipinski definition) is 1. The third kappa shape index (κ3) is 2.25. The molecule has 0 heterocycles. The van der Waals surface area contributed by atoms with E-state index in [1.165, 1.54) is 16.2 Å². The largest absolute Gasteiger partial charge is 0.289 e. The summed E-state index contributed by atoms with van der Waals surface area (Å²) in [6.45, 7) is 0. The Balaban J connectivity index is 1.91. The van der Waals surface area contributed by atoms with Crippen LogP contribution in [0.2, 0.25) is 5.02 Å². The monoisotopic (exact) mass is 390 g/mol. The van der Waals surface area contributed by atoms with E-state index in [1.54, 1.807) is 0 Å². The van der Waals surface area contributed by atoms with Crippen LogP contribution in [0.25, 0.3) is 43.1 Å². The summed E-state index contributed by atoms with van der Waals surface area (Å²) >= 11 is 6.75. The Morgan fingerprint density at radius 3 is 1.93 bits per heavy atom. The van der Waals surface area contributed by atoms with E-state index in [9.17, 15) is 4.79 Å². The molecule has 0 aromatic heterocycles. The van der Waals surface area contributed by atoms with Gasteiger partial charge in [-0.05, 0) is 43.8 Å². The van der Waals surface area contributed by atoms with Gasteiger partial charge in [0, 0.05) is 16.5 Å². The third-order valence-electron chi connectivity index (χ3n) is 5.84. The van der Waals surface area contributed by atoms with E-state index in [4.69, 9.17) is 11.6 Å². The molecule has 136 valence electrons. The summed E-state index contributed by atoms with van der Waals surface area (Å²) in [4.78, 5) is 13.6. The van der Waals surface area contributed by atoms with Crippen LogP contribution in [0, 0.1) is 0 Å². The van der Waals surface area contributed by atoms with Gasteiger partial charge in [-0.1, -0.05) is 96.5 Å². The van der Waals surface area contributed by atoms with Gasteiger partial charge in [-0.15, -0.1) is 0 Å². The predicted octanol–water partition coefficient (Wildman–Crippen LogP) is 7.62. The molecule has 0 aliphatic carbocycles. The highest BCUT2D eigenvalue weighted by molar-refractivity contribution is 6.43. The quantitative estimate of drug-likeness (QED) is 0.169. The molecule has 0 bridgehead atoms. The highest BCUT2D eigenvalue weighted by Gasteiger charge is 2.22. The van der Waals surface area contributed by atoms with Crippen LogP contribution in [0.15, 0.2) is 91.0 Å². The van der Waals surface area contributed by atoms with Gasteiger partial charge in [0.2, 0.25) is 0 Å². The maximum absolute atomic E-state index is 13.6. The van der Waals surface area contributed by atoms with Gasteiger partial charge in [-0.2, -0.15) is 0 Å². The minimum Gasteiger partial charge on any atom is -0.289 e. The zero-order chi connectivity index (χ0) is 19.5. The van der Waals surface area contributed by atoms with Crippen LogP contribution in [-0.2, 0) is 0 Å². The van der Waals surface area contributed by atoms with E-state index in [1.807, 2.05) is 36.4 Å². The van der Waals surface area contributed by atoms with Crippen molar-refractivity contribution in [2.45, 2.75) is 0 Å². The maximum atomic E-state index is 13.6. The minimum absolute atomic E-state index is 0.0429. The molecular weight excluding hydrogens is 376 g/mol. The van der Waals surface area contributed by atoms with Crippen LogP contribution >= 0.6 is 11.6 Å². The fraction of sp³-hybridized carbons (Fsp3) is 0. The number of carbonyl (C=O) groups is 1. The first-order chi connectivity index (χ1) is 14.2. The first kappa shape index (κ1) is 16.5. The summed E-state index contributed by atoms with van der Waals surface area (Å²) in [5, 5.41) is 9.37. The van der Waals surface area contributed by atoms with E-state index in [-0.39, 0.29) is 5.78 Å². The molecule has 0 saturated heterocycles. The SMILES string of the molecule is O=C(c1ccccc1)c1c(Cl)cc2cccc3c4cccc5cccc(c1c23)c54. The molecule has 0 fully saturated rings. The number of carbonyl (C=O) groups excluding carboxylic acids is 1. The number of halogens is 1. The molecule has 6 aromatic rings. The van der Waals surface area contributed by atoms with Gasteiger partial charge in [0.15, 0.2) is 5.78 Å². The number of fused-ring (bicyclic) bond motifs is 2. The van der Waals surface area contributed by atoms with Crippen molar-refractivity contribution in [2.24, 2.45) is 0 Å². The van der Waals surface area contributed by atoms with Crippen molar-refractivity contribution in [1.29, 1.82) is 0 Å². The minimum atomic E-state index is -0.0429. The summed E-state index contributed by atoms with van der Waals surface area (Å²) in [6, 6.07) is 30.2. The van der Waals surface area contributed by atoms with Crippen molar-refractivity contribution in [2.75, 3.05) is 0 Å². The van der Waals surface area contributed by atoms with E-state index in [0.29, 0.717) is 16.1 Å². The summed E-state index contributed by atoms with van der Waals surface area (Å²) in [5.74, 6) is -0.0429. The Morgan fingerprint density at radius 2 is 1.21 bits per heavy atom. The molecule has 0 spiro atoms. The molecule has 0 aliphatic rings. The fourth-order valence-electron chi connectivity index (χ4n) is 4.65. The zero-order valence-electron chi connectivity index (χ0n) is 15.4. The van der Waals surface area contributed by atoms with Crippen LogP contribution in [0.5, 0.6) is 0 Å². The van der Waals surface area contributed by atoms with Gasteiger partial charge in [-0.3, -0.25) is 4.79 Å². The Kier molecular flexibility index (Phi) is 3.44. The van der Waals surface area contributed by atoms with Gasteiger partial charge < -0.3 is 0 Å². The van der Waals surface area contributed by atoms with E-state index >= 15 is 0 Å². The van der Waals surface area contributed by atoms with Crippen LogP contribution in [0.4, 0.5) is 0 Å². The van der Waals surface area contributed by atoms with Gasteiger partial charge in [0.05, 0.1) is 5.02 Å². The Labute approximate surface area is 172 Å². The van der Waals surface area contributed by atoms with Gasteiger partial charge in [0.25, 0.3) is 0 Å². The highest BCUT2D eigenvalue weighted by Crippen LogP contribution is 2.44. The molecule has 2 heteroatoms. The third-order valence-corrected chi connectivity index (χ3v) is 6.14. The van der Waals surface area contributed by atoms with Gasteiger partial charge in [-0.25, -0.2) is 0 Å².